The number of carbonyl (C=O) groups excluding carboxylic acids is 1. The van der Waals surface area contributed by atoms with E-state index in [4.69, 9.17) is 5.11 Å². The van der Waals surface area contributed by atoms with Gasteiger partial charge in [-0.15, -0.1) is 11.3 Å². The van der Waals surface area contributed by atoms with Crippen LogP contribution in [0.3, 0.4) is 0 Å². The number of carboxylic acid groups (broad SMARTS) is 1. The molecule has 0 saturated carbocycles. The number of hydrogen-bond donors (Lipinski definition) is 2. The van der Waals surface area contributed by atoms with Crippen LogP contribution in [-0.2, 0) is 17.6 Å². The average Bonchev–Trinajstić information content (AvgIpc) is 2.86. The molecule has 1 aliphatic carbocycles. The van der Waals surface area contributed by atoms with Crippen molar-refractivity contribution in [2.45, 2.75) is 45.4 Å². The van der Waals surface area contributed by atoms with Crippen molar-refractivity contribution < 1.29 is 14.7 Å². The fourth-order valence-corrected chi connectivity index (χ4v) is 3.70. The van der Waals surface area contributed by atoms with Crippen LogP contribution in [0.5, 0.6) is 0 Å². The number of rotatable bonds is 6. The van der Waals surface area contributed by atoms with Crippen LogP contribution >= 0.6 is 11.3 Å². The van der Waals surface area contributed by atoms with Crippen molar-refractivity contribution in [3.05, 3.63) is 21.4 Å². The Hall–Kier alpha value is -1.36. The van der Waals surface area contributed by atoms with E-state index in [1.165, 1.54) is 23.3 Å². The molecular formula is C15H21NO3S. The molecular weight excluding hydrogens is 274 g/mol. The maximum atomic E-state index is 12.1. The van der Waals surface area contributed by atoms with E-state index >= 15 is 0 Å². The van der Waals surface area contributed by atoms with E-state index in [2.05, 4.69) is 5.32 Å². The molecule has 0 aromatic carbocycles. The highest BCUT2D eigenvalue weighted by Gasteiger charge is 2.18. The third kappa shape index (κ3) is 3.82. The van der Waals surface area contributed by atoms with E-state index in [1.54, 1.807) is 11.3 Å². The molecule has 20 heavy (non-hydrogen) atoms. The summed E-state index contributed by atoms with van der Waals surface area (Å²) in [7, 11) is 0. The number of fused-ring (bicyclic) bond motifs is 1. The summed E-state index contributed by atoms with van der Waals surface area (Å²) in [6, 6.07) is 2.01. The molecule has 0 spiro atoms. The van der Waals surface area contributed by atoms with Gasteiger partial charge in [0, 0.05) is 17.8 Å². The van der Waals surface area contributed by atoms with Gasteiger partial charge in [0.25, 0.3) is 5.91 Å². The van der Waals surface area contributed by atoms with Crippen LogP contribution in [-0.4, -0.2) is 23.5 Å². The van der Waals surface area contributed by atoms with Gasteiger partial charge in [-0.3, -0.25) is 9.59 Å². The Morgan fingerprint density at radius 1 is 1.40 bits per heavy atom. The van der Waals surface area contributed by atoms with Gasteiger partial charge in [-0.2, -0.15) is 0 Å². The van der Waals surface area contributed by atoms with E-state index in [0.29, 0.717) is 6.54 Å². The van der Waals surface area contributed by atoms with E-state index in [-0.39, 0.29) is 18.2 Å². The first-order valence-electron chi connectivity index (χ1n) is 7.21. The molecule has 0 saturated heterocycles. The van der Waals surface area contributed by atoms with Crippen molar-refractivity contribution in [3.63, 3.8) is 0 Å². The first-order valence-corrected chi connectivity index (χ1v) is 8.03. The van der Waals surface area contributed by atoms with Crippen LogP contribution in [0.4, 0.5) is 0 Å². The Balaban J connectivity index is 1.91. The molecule has 5 heteroatoms. The summed E-state index contributed by atoms with van der Waals surface area (Å²) in [4.78, 5) is 24.9. The van der Waals surface area contributed by atoms with Crippen LogP contribution in [0.15, 0.2) is 6.07 Å². The molecule has 0 bridgehead atoms. The average molecular weight is 295 g/mol. The monoisotopic (exact) mass is 295 g/mol. The third-order valence-corrected chi connectivity index (χ3v) is 5.05. The number of thiophene rings is 1. The molecule has 110 valence electrons. The zero-order valence-electron chi connectivity index (χ0n) is 11.8. The maximum Gasteiger partial charge on any atom is 0.303 e. The smallest absolute Gasteiger partial charge is 0.303 e. The fraction of sp³-hybridized carbons (Fsp3) is 0.600. The number of carboxylic acids is 1. The lowest BCUT2D eigenvalue weighted by Crippen LogP contribution is -2.29. The highest BCUT2D eigenvalue weighted by molar-refractivity contribution is 7.14. The zero-order valence-corrected chi connectivity index (χ0v) is 12.6. The third-order valence-electron chi connectivity index (χ3n) is 3.81. The van der Waals surface area contributed by atoms with Crippen molar-refractivity contribution in [2.24, 2.45) is 5.92 Å². The lowest BCUT2D eigenvalue weighted by molar-refractivity contribution is -0.138. The Bertz CT molecular complexity index is 472. The standard InChI is InChI=1S/C15H21NO3S/c1-2-10(7-14(17)18)9-16-15(19)13-8-11-5-3-4-6-12(11)20-13/h8,10H,2-7,9H2,1H3,(H,16,19)(H,17,18). The highest BCUT2D eigenvalue weighted by Crippen LogP contribution is 2.29. The molecule has 1 aliphatic rings. The summed E-state index contributed by atoms with van der Waals surface area (Å²) < 4.78 is 0. The van der Waals surface area contributed by atoms with Crippen LogP contribution in [0, 0.1) is 5.92 Å². The Labute approximate surface area is 123 Å². The van der Waals surface area contributed by atoms with Crippen LogP contribution in [0.25, 0.3) is 0 Å². The molecule has 0 radical (unpaired) electrons. The van der Waals surface area contributed by atoms with Crippen LogP contribution in [0.1, 0.15) is 52.7 Å². The molecule has 2 N–H and O–H groups in total. The Morgan fingerprint density at radius 3 is 2.80 bits per heavy atom. The molecule has 1 aromatic rings. The molecule has 0 fully saturated rings. The molecule has 4 nitrogen and oxygen atoms in total. The Morgan fingerprint density at radius 2 is 2.15 bits per heavy atom. The summed E-state index contributed by atoms with van der Waals surface area (Å²) in [5.74, 6) is -0.864. The minimum Gasteiger partial charge on any atom is -0.481 e. The number of aryl methyl sites for hydroxylation is 2. The number of nitrogens with one attached hydrogen (secondary N) is 1. The van der Waals surface area contributed by atoms with Crippen molar-refractivity contribution in [3.8, 4) is 0 Å². The van der Waals surface area contributed by atoms with E-state index in [1.807, 2.05) is 13.0 Å². The second kappa shape index (κ2) is 6.88. The SMILES string of the molecule is CCC(CNC(=O)c1cc2c(s1)CCCC2)CC(=O)O. The first kappa shape index (κ1) is 15.0. The van der Waals surface area contributed by atoms with Gasteiger partial charge in [-0.25, -0.2) is 0 Å². The topological polar surface area (TPSA) is 66.4 Å². The van der Waals surface area contributed by atoms with Crippen molar-refractivity contribution in [1.29, 1.82) is 0 Å². The van der Waals surface area contributed by atoms with Crippen molar-refractivity contribution >= 4 is 23.2 Å². The van der Waals surface area contributed by atoms with E-state index in [9.17, 15) is 9.59 Å². The summed E-state index contributed by atoms with van der Waals surface area (Å²) in [5.41, 5.74) is 1.32. The predicted octanol–water partition coefficient (Wildman–Crippen LogP) is 2.86. The van der Waals surface area contributed by atoms with Gasteiger partial charge in [0.2, 0.25) is 0 Å². The lowest BCUT2D eigenvalue weighted by atomic mass is 9.99. The number of carbonyl (C=O) groups is 2. The highest BCUT2D eigenvalue weighted by atomic mass is 32.1. The van der Waals surface area contributed by atoms with Crippen LogP contribution < -0.4 is 5.32 Å². The lowest BCUT2D eigenvalue weighted by Gasteiger charge is -2.12. The van der Waals surface area contributed by atoms with Crippen molar-refractivity contribution in [2.75, 3.05) is 6.54 Å². The number of amides is 1. The van der Waals surface area contributed by atoms with Gasteiger partial charge in [0.05, 0.1) is 4.88 Å². The second-order valence-corrected chi connectivity index (χ2v) is 6.49. The molecule has 1 amide bonds. The van der Waals surface area contributed by atoms with Crippen LogP contribution in [0.2, 0.25) is 0 Å². The van der Waals surface area contributed by atoms with Gasteiger partial charge < -0.3 is 10.4 Å². The van der Waals surface area contributed by atoms with E-state index in [0.717, 1.165) is 24.1 Å². The van der Waals surface area contributed by atoms with Gasteiger partial charge >= 0.3 is 5.97 Å². The molecule has 2 rings (SSSR count). The van der Waals surface area contributed by atoms with Gasteiger partial charge in [0.15, 0.2) is 0 Å². The van der Waals surface area contributed by atoms with Gasteiger partial charge in [0.1, 0.15) is 0 Å². The van der Waals surface area contributed by atoms with Gasteiger partial charge in [-0.1, -0.05) is 13.3 Å². The maximum absolute atomic E-state index is 12.1. The Kier molecular flexibility index (Phi) is 5.17. The second-order valence-electron chi connectivity index (χ2n) is 5.35. The van der Waals surface area contributed by atoms with E-state index < -0.39 is 5.97 Å². The summed E-state index contributed by atoms with van der Waals surface area (Å²) in [5, 5.41) is 11.7. The largest absolute Gasteiger partial charge is 0.481 e. The first-order chi connectivity index (χ1) is 9.60. The number of hydrogen-bond acceptors (Lipinski definition) is 3. The van der Waals surface area contributed by atoms with Gasteiger partial charge in [-0.05, 0) is 43.2 Å². The zero-order chi connectivity index (χ0) is 14.5. The summed E-state index contributed by atoms with van der Waals surface area (Å²) in [6.45, 7) is 2.38. The van der Waals surface area contributed by atoms with Crippen molar-refractivity contribution in [1.82, 2.24) is 5.32 Å². The molecule has 0 aliphatic heterocycles. The fourth-order valence-electron chi connectivity index (χ4n) is 2.53. The molecule has 1 unspecified atom stereocenters. The molecule has 1 aromatic heterocycles. The summed E-state index contributed by atoms with van der Waals surface area (Å²) in [6.07, 6.45) is 5.46. The molecule has 1 heterocycles. The summed E-state index contributed by atoms with van der Waals surface area (Å²) >= 11 is 1.59. The quantitative estimate of drug-likeness (QED) is 0.848. The normalized spacial score (nSPS) is 15.4. The predicted molar refractivity (Wildman–Crippen MR) is 79.3 cm³/mol. The number of aliphatic carboxylic acids is 1. The minimum atomic E-state index is -0.808. The minimum absolute atomic E-state index is 0.00559. The molecule has 1 atom stereocenters.